The molecular formula is C18H16F4N4O2. The van der Waals surface area contributed by atoms with Gasteiger partial charge in [0.1, 0.15) is 11.3 Å². The van der Waals surface area contributed by atoms with Crippen LogP contribution >= 0.6 is 0 Å². The molecule has 1 aromatic carbocycles. The van der Waals surface area contributed by atoms with Gasteiger partial charge in [-0.3, -0.25) is 9.36 Å². The van der Waals surface area contributed by atoms with Crippen molar-refractivity contribution >= 4 is 17.1 Å². The van der Waals surface area contributed by atoms with E-state index < -0.39 is 23.2 Å². The Morgan fingerprint density at radius 1 is 1.18 bits per heavy atom. The molecule has 1 aliphatic rings. The number of hydrogen-bond acceptors (Lipinski definition) is 5. The zero-order chi connectivity index (χ0) is 19.9. The molecule has 0 radical (unpaired) electrons. The lowest BCUT2D eigenvalue weighted by molar-refractivity contribution is -0.141. The van der Waals surface area contributed by atoms with Crippen LogP contribution in [0.3, 0.4) is 0 Å². The van der Waals surface area contributed by atoms with Crippen molar-refractivity contribution in [3.63, 3.8) is 0 Å². The number of anilines is 1. The summed E-state index contributed by atoms with van der Waals surface area (Å²) < 4.78 is 57.9. The highest BCUT2D eigenvalue weighted by molar-refractivity contribution is 5.74. The summed E-state index contributed by atoms with van der Waals surface area (Å²) in [4.78, 5) is 21.6. The number of aromatic nitrogens is 3. The quantitative estimate of drug-likeness (QED) is 0.635. The molecule has 0 aliphatic carbocycles. The van der Waals surface area contributed by atoms with Crippen molar-refractivity contribution in [1.29, 1.82) is 0 Å². The Kier molecular flexibility index (Phi) is 4.56. The Balaban J connectivity index is 1.41. The molecule has 0 N–H and O–H groups in total. The lowest BCUT2D eigenvalue weighted by Gasteiger charge is -2.31. The van der Waals surface area contributed by atoms with E-state index in [0.717, 1.165) is 6.33 Å². The Bertz CT molecular complexity index is 1050. The molecule has 3 aromatic rings. The molecular weight excluding hydrogens is 380 g/mol. The van der Waals surface area contributed by atoms with Gasteiger partial charge < -0.3 is 9.32 Å². The van der Waals surface area contributed by atoms with Crippen LogP contribution in [0.4, 0.5) is 23.6 Å². The number of rotatable bonds is 3. The topological polar surface area (TPSA) is 64.2 Å². The molecule has 0 bridgehead atoms. The number of oxazole rings is 1. The van der Waals surface area contributed by atoms with Gasteiger partial charge in [0, 0.05) is 31.8 Å². The fourth-order valence-electron chi connectivity index (χ4n) is 3.32. The number of piperidine rings is 1. The van der Waals surface area contributed by atoms with E-state index in [0.29, 0.717) is 55.7 Å². The zero-order valence-electron chi connectivity index (χ0n) is 14.6. The molecule has 2 aromatic heterocycles. The van der Waals surface area contributed by atoms with E-state index in [9.17, 15) is 22.4 Å². The second-order valence-corrected chi connectivity index (χ2v) is 6.80. The van der Waals surface area contributed by atoms with Gasteiger partial charge in [-0.2, -0.15) is 18.2 Å². The predicted molar refractivity (Wildman–Crippen MR) is 92.4 cm³/mol. The third-order valence-corrected chi connectivity index (χ3v) is 4.85. The van der Waals surface area contributed by atoms with Crippen LogP contribution < -0.4 is 10.5 Å². The lowest BCUT2D eigenvalue weighted by Crippen LogP contribution is -2.36. The van der Waals surface area contributed by atoms with Crippen LogP contribution in [0.5, 0.6) is 0 Å². The maximum Gasteiger partial charge on any atom is 0.433 e. The summed E-state index contributed by atoms with van der Waals surface area (Å²) in [6.07, 6.45) is -2.26. The summed E-state index contributed by atoms with van der Waals surface area (Å²) in [5.41, 5.74) is -0.956. The highest BCUT2D eigenvalue weighted by atomic mass is 19.4. The fourth-order valence-corrected chi connectivity index (χ4v) is 3.32. The molecule has 0 amide bonds. The largest absolute Gasteiger partial charge is 0.433 e. The molecule has 1 saturated heterocycles. The van der Waals surface area contributed by atoms with Gasteiger partial charge in [-0.25, -0.2) is 9.37 Å². The number of fused-ring (bicyclic) bond motifs is 1. The molecule has 148 valence electrons. The summed E-state index contributed by atoms with van der Waals surface area (Å²) in [7, 11) is 0. The first-order chi connectivity index (χ1) is 13.3. The molecule has 10 heteroatoms. The second-order valence-electron chi connectivity index (χ2n) is 6.80. The van der Waals surface area contributed by atoms with Gasteiger partial charge in [0.25, 0.3) is 11.6 Å². The highest BCUT2D eigenvalue weighted by Gasteiger charge is 2.33. The van der Waals surface area contributed by atoms with Gasteiger partial charge in [-0.05, 0) is 30.9 Å². The Morgan fingerprint density at radius 3 is 2.61 bits per heavy atom. The number of halogens is 4. The van der Waals surface area contributed by atoms with Gasteiger partial charge in [-0.1, -0.05) is 0 Å². The average Bonchev–Trinajstić information content (AvgIpc) is 3.06. The first kappa shape index (κ1) is 18.5. The van der Waals surface area contributed by atoms with Gasteiger partial charge in [0.05, 0.1) is 6.33 Å². The van der Waals surface area contributed by atoms with E-state index in [1.165, 1.54) is 16.7 Å². The maximum absolute atomic E-state index is 13.3. The molecule has 0 saturated carbocycles. The van der Waals surface area contributed by atoms with Crippen LogP contribution in [-0.2, 0) is 12.7 Å². The number of alkyl halides is 3. The Morgan fingerprint density at radius 2 is 1.93 bits per heavy atom. The van der Waals surface area contributed by atoms with Crippen molar-refractivity contribution in [3.8, 4) is 0 Å². The Labute approximate surface area is 156 Å². The summed E-state index contributed by atoms with van der Waals surface area (Å²) in [6.45, 7) is 1.53. The van der Waals surface area contributed by atoms with Crippen molar-refractivity contribution < 1.29 is 22.0 Å². The summed E-state index contributed by atoms with van der Waals surface area (Å²) in [5.74, 6) is -0.279. The monoisotopic (exact) mass is 396 g/mol. The number of benzene rings is 1. The minimum absolute atomic E-state index is 0.120. The van der Waals surface area contributed by atoms with Crippen LogP contribution in [-0.4, -0.2) is 27.6 Å². The maximum atomic E-state index is 13.3. The van der Waals surface area contributed by atoms with Crippen molar-refractivity contribution in [2.45, 2.75) is 25.6 Å². The molecule has 0 unspecified atom stereocenters. The minimum atomic E-state index is -4.63. The normalized spacial score (nSPS) is 16.1. The van der Waals surface area contributed by atoms with Gasteiger partial charge >= 0.3 is 6.18 Å². The molecule has 0 spiro atoms. The molecule has 6 nitrogen and oxygen atoms in total. The molecule has 0 atom stereocenters. The number of nitrogens with zero attached hydrogens (tertiary/aromatic N) is 4. The van der Waals surface area contributed by atoms with Gasteiger partial charge in [0.2, 0.25) is 0 Å². The van der Waals surface area contributed by atoms with Gasteiger partial charge in [-0.15, -0.1) is 0 Å². The van der Waals surface area contributed by atoms with Crippen LogP contribution in [0.25, 0.3) is 11.1 Å². The molecule has 3 heterocycles. The fraction of sp³-hybridized carbons (Fsp3) is 0.389. The third kappa shape index (κ3) is 3.71. The van der Waals surface area contributed by atoms with Crippen molar-refractivity contribution in [2.75, 3.05) is 18.0 Å². The zero-order valence-corrected chi connectivity index (χ0v) is 14.6. The highest BCUT2D eigenvalue weighted by Crippen LogP contribution is 2.28. The van der Waals surface area contributed by atoms with Crippen molar-refractivity contribution in [1.82, 2.24) is 14.5 Å². The molecule has 28 heavy (non-hydrogen) atoms. The first-order valence-corrected chi connectivity index (χ1v) is 8.74. The first-order valence-electron chi connectivity index (χ1n) is 8.74. The van der Waals surface area contributed by atoms with Crippen molar-refractivity contribution in [3.05, 3.63) is 52.5 Å². The standard InChI is InChI=1S/C18H16F4N4O2/c19-12-1-2-13-14(7-12)28-17(24-13)25-5-3-11(4-6-25)9-26-10-23-15(8-16(26)27)18(20,21)22/h1-2,7-8,10-11H,3-6,9H2. The van der Waals surface area contributed by atoms with Crippen LogP contribution in [0, 0.1) is 11.7 Å². The van der Waals surface area contributed by atoms with E-state index in [1.54, 1.807) is 6.07 Å². The van der Waals surface area contributed by atoms with Crippen LogP contribution in [0.2, 0.25) is 0 Å². The summed E-state index contributed by atoms with van der Waals surface area (Å²) in [6, 6.07) is 5.08. The average molecular weight is 396 g/mol. The van der Waals surface area contributed by atoms with E-state index >= 15 is 0 Å². The summed E-state index contributed by atoms with van der Waals surface area (Å²) >= 11 is 0. The van der Waals surface area contributed by atoms with E-state index in [-0.39, 0.29) is 5.92 Å². The van der Waals surface area contributed by atoms with E-state index in [4.69, 9.17) is 4.42 Å². The number of hydrogen-bond donors (Lipinski definition) is 0. The summed E-state index contributed by atoms with van der Waals surface area (Å²) in [5, 5.41) is 0. The minimum Gasteiger partial charge on any atom is -0.423 e. The smallest absolute Gasteiger partial charge is 0.423 e. The van der Waals surface area contributed by atoms with Crippen LogP contribution in [0.15, 0.2) is 39.8 Å². The van der Waals surface area contributed by atoms with Crippen LogP contribution in [0.1, 0.15) is 18.5 Å². The van der Waals surface area contributed by atoms with Crippen molar-refractivity contribution in [2.24, 2.45) is 5.92 Å². The SMILES string of the molecule is O=c1cc(C(F)(F)F)ncn1CC1CCN(c2nc3ccc(F)cc3o2)CC1. The molecule has 1 aliphatic heterocycles. The lowest BCUT2D eigenvalue weighted by atomic mass is 9.97. The van der Waals surface area contributed by atoms with Gasteiger partial charge in [0.15, 0.2) is 11.3 Å². The predicted octanol–water partition coefficient (Wildman–Crippen LogP) is 3.46. The molecule has 4 rings (SSSR count). The molecule has 1 fully saturated rings. The van der Waals surface area contributed by atoms with E-state index in [2.05, 4.69) is 9.97 Å². The third-order valence-electron chi connectivity index (χ3n) is 4.85. The van der Waals surface area contributed by atoms with E-state index in [1.807, 2.05) is 4.90 Å². The Hall–Kier alpha value is -2.91. The second kappa shape index (κ2) is 6.92.